The maximum atomic E-state index is 12.7. The van der Waals surface area contributed by atoms with Crippen LogP contribution in [-0.2, 0) is 27.8 Å². The van der Waals surface area contributed by atoms with Gasteiger partial charge in [-0.2, -0.15) is 0 Å². The van der Waals surface area contributed by atoms with Crippen LogP contribution in [0.4, 0.5) is 11.6 Å². The number of anilines is 2. The Morgan fingerprint density at radius 3 is 2.59 bits per heavy atom. The smallest absolute Gasteiger partial charge is 0.264 e. The van der Waals surface area contributed by atoms with Gasteiger partial charge >= 0.3 is 0 Å². The number of hydrogen-bond donors (Lipinski definition) is 2. The Bertz CT molecular complexity index is 1180. The third-order valence-corrected chi connectivity index (χ3v) is 7.38. The molecule has 1 aliphatic heterocycles. The van der Waals surface area contributed by atoms with Crippen LogP contribution < -0.4 is 10.0 Å². The standard InChI is InChI=1S/C20H23N7O3S2/c1-14(31-20-25-24-17-6-3-2-4-13-27(17)20)18(28)23-15-7-9-16(10-8-15)32(29,30)26-19-21-11-5-12-22-19/h5,7-12,14H,2-4,6,13H2,1H3,(H,23,28)(H,21,22,26)/t14-/m0/s1. The predicted molar refractivity (Wildman–Crippen MR) is 121 cm³/mol. The largest absolute Gasteiger partial charge is 0.325 e. The summed E-state index contributed by atoms with van der Waals surface area (Å²) in [6.45, 7) is 2.68. The Hall–Kier alpha value is -2.99. The molecule has 0 fully saturated rings. The van der Waals surface area contributed by atoms with Gasteiger partial charge in [-0.3, -0.25) is 4.79 Å². The van der Waals surface area contributed by atoms with Crippen LogP contribution in [0.25, 0.3) is 0 Å². The zero-order valence-corrected chi connectivity index (χ0v) is 19.1. The number of rotatable bonds is 7. The first-order valence-electron chi connectivity index (χ1n) is 10.2. The zero-order valence-electron chi connectivity index (χ0n) is 17.4. The molecule has 0 saturated carbocycles. The molecule has 0 saturated heterocycles. The van der Waals surface area contributed by atoms with Crippen LogP contribution in [0.2, 0.25) is 0 Å². The maximum absolute atomic E-state index is 12.7. The second-order valence-electron chi connectivity index (χ2n) is 7.31. The number of aryl methyl sites for hydroxylation is 1. The Morgan fingerprint density at radius 1 is 1.09 bits per heavy atom. The summed E-state index contributed by atoms with van der Waals surface area (Å²) in [5.41, 5.74) is 0.498. The first-order valence-corrected chi connectivity index (χ1v) is 12.6. The summed E-state index contributed by atoms with van der Waals surface area (Å²) >= 11 is 1.37. The first-order chi connectivity index (χ1) is 15.4. The number of aromatic nitrogens is 5. The van der Waals surface area contributed by atoms with Gasteiger partial charge in [0.1, 0.15) is 5.82 Å². The normalized spacial score (nSPS) is 14.8. The molecular formula is C20H23N7O3S2. The van der Waals surface area contributed by atoms with Gasteiger partial charge in [0.05, 0.1) is 10.1 Å². The molecule has 1 aliphatic rings. The molecule has 1 atom stereocenters. The molecule has 3 heterocycles. The summed E-state index contributed by atoms with van der Waals surface area (Å²) in [7, 11) is -3.83. The van der Waals surface area contributed by atoms with E-state index in [-0.39, 0.29) is 16.8 Å². The Kier molecular flexibility index (Phi) is 6.70. The molecule has 10 nitrogen and oxygen atoms in total. The van der Waals surface area contributed by atoms with E-state index in [9.17, 15) is 13.2 Å². The van der Waals surface area contributed by atoms with Gasteiger partial charge < -0.3 is 9.88 Å². The predicted octanol–water partition coefficient (Wildman–Crippen LogP) is 2.71. The number of amides is 1. The van der Waals surface area contributed by atoms with Crippen molar-refractivity contribution in [1.82, 2.24) is 24.7 Å². The zero-order chi connectivity index (χ0) is 22.6. The van der Waals surface area contributed by atoms with Crippen molar-refractivity contribution in [2.75, 3.05) is 10.0 Å². The molecule has 12 heteroatoms. The van der Waals surface area contributed by atoms with E-state index in [1.807, 2.05) is 0 Å². The highest BCUT2D eigenvalue weighted by Gasteiger charge is 2.21. The van der Waals surface area contributed by atoms with Crippen molar-refractivity contribution in [3.8, 4) is 0 Å². The number of fused-ring (bicyclic) bond motifs is 1. The molecule has 0 spiro atoms. The number of carbonyl (C=O) groups excluding carboxylic acids is 1. The number of benzene rings is 1. The third kappa shape index (κ3) is 5.25. The van der Waals surface area contributed by atoms with E-state index in [0.29, 0.717) is 5.69 Å². The quantitative estimate of drug-likeness (QED) is 0.501. The molecule has 0 bridgehead atoms. The first kappa shape index (κ1) is 22.2. The van der Waals surface area contributed by atoms with Gasteiger partial charge in [0.2, 0.25) is 11.9 Å². The average molecular weight is 474 g/mol. The van der Waals surface area contributed by atoms with Gasteiger partial charge in [-0.05, 0) is 50.1 Å². The minimum Gasteiger partial charge on any atom is -0.325 e. The van der Waals surface area contributed by atoms with Crippen molar-refractivity contribution in [2.45, 2.75) is 54.5 Å². The molecule has 32 heavy (non-hydrogen) atoms. The molecule has 2 N–H and O–H groups in total. The topological polar surface area (TPSA) is 132 Å². The maximum Gasteiger partial charge on any atom is 0.264 e. The van der Waals surface area contributed by atoms with Gasteiger partial charge in [0.25, 0.3) is 10.0 Å². The summed E-state index contributed by atoms with van der Waals surface area (Å²) in [6.07, 6.45) is 7.16. The lowest BCUT2D eigenvalue weighted by molar-refractivity contribution is -0.115. The van der Waals surface area contributed by atoms with Crippen LogP contribution >= 0.6 is 11.8 Å². The highest BCUT2D eigenvalue weighted by Crippen LogP contribution is 2.26. The molecule has 4 rings (SSSR count). The highest BCUT2D eigenvalue weighted by atomic mass is 32.2. The van der Waals surface area contributed by atoms with Crippen molar-refractivity contribution in [1.29, 1.82) is 0 Å². The molecule has 2 aromatic heterocycles. The molecule has 0 unspecified atom stereocenters. The summed E-state index contributed by atoms with van der Waals surface area (Å²) in [4.78, 5) is 20.4. The lowest BCUT2D eigenvalue weighted by Crippen LogP contribution is -2.23. The molecule has 0 aliphatic carbocycles. The summed E-state index contributed by atoms with van der Waals surface area (Å²) in [5.74, 6) is 0.762. The number of carbonyl (C=O) groups is 1. The number of nitrogens with one attached hydrogen (secondary N) is 2. The van der Waals surface area contributed by atoms with Crippen LogP contribution in [0, 0.1) is 0 Å². The van der Waals surface area contributed by atoms with E-state index in [0.717, 1.165) is 36.8 Å². The monoisotopic (exact) mass is 473 g/mol. The van der Waals surface area contributed by atoms with Crippen molar-refractivity contribution in [2.24, 2.45) is 0 Å². The molecule has 3 aromatic rings. The molecular weight excluding hydrogens is 450 g/mol. The SMILES string of the molecule is C[C@H](Sc1nnc2n1CCCCC2)C(=O)Nc1ccc(S(=O)(=O)Nc2ncccn2)cc1. The van der Waals surface area contributed by atoms with E-state index in [2.05, 4.69) is 34.8 Å². The lowest BCUT2D eigenvalue weighted by Gasteiger charge is -2.13. The van der Waals surface area contributed by atoms with Crippen LogP contribution in [-0.4, -0.2) is 44.3 Å². The van der Waals surface area contributed by atoms with Gasteiger partial charge in [-0.1, -0.05) is 18.2 Å². The number of hydrogen-bond acceptors (Lipinski definition) is 8. The van der Waals surface area contributed by atoms with Crippen molar-refractivity contribution < 1.29 is 13.2 Å². The van der Waals surface area contributed by atoms with Crippen LogP contribution in [0.5, 0.6) is 0 Å². The fourth-order valence-electron chi connectivity index (χ4n) is 3.25. The Balaban J connectivity index is 1.38. The van der Waals surface area contributed by atoms with Crippen molar-refractivity contribution in [3.63, 3.8) is 0 Å². The van der Waals surface area contributed by atoms with E-state index in [4.69, 9.17) is 0 Å². The summed E-state index contributed by atoms with van der Waals surface area (Å²) < 4.78 is 29.3. The second kappa shape index (κ2) is 9.65. The third-order valence-electron chi connectivity index (χ3n) is 4.95. The molecule has 0 radical (unpaired) electrons. The number of thioether (sulfide) groups is 1. The summed E-state index contributed by atoms with van der Waals surface area (Å²) in [6, 6.07) is 7.50. The van der Waals surface area contributed by atoms with E-state index >= 15 is 0 Å². The summed E-state index contributed by atoms with van der Waals surface area (Å²) in [5, 5.41) is 11.7. The minimum absolute atomic E-state index is 0.0119. The van der Waals surface area contributed by atoms with Crippen LogP contribution in [0.1, 0.15) is 32.0 Å². The molecule has 168 valence electrons. The molecule has 1 aromatic carbocycles. The van der Waals surface area contributed by atoms with Gasteiger partial charge in [0.15, 0.2) is 5.16 Å². The van der Waals surface area contributed by atoms with Gasteiger partial charge in [-0.15, -0.1) is 10.2 Å². The van der Waals surface area contributed by atoms with Crippen molar-refractivity contribution in [3.05, 3.63) is 48.5 Å². The Morgan fingerprint density at radius 2 is 1.84 bits per heavy atom. The number of sulfonamides is 1. The highest BCUT2D eigenvalue weighted by molar-refractivity contribution is 8.00. The van der Waals surface area contributed by atoms with Crippen LogP contribution in [0.15, 0.2) is 52.8 Å². The Labute approximate surface area is 190 Å². The van der Waals surface area contributed by atoms with Gasteiger partial charge in [-0.25, -0.2) is 23.1 Å². The van der Waals surface area contributed by atoms with Crippen molar-refractivity contribution >= 4 is 39.3 Å². The fraction of sp³-hybridized carbons (Fsp3) is 0.350. The van der Waals surface area contributed by atoms with E-state index < -0.39 is 15.3 Å². The van der Waals surface area contributed by atoms with Crippen LogP contribution in [0.3, 0.4) is 0 Å². The average Bonchev–Trinajstić information content (AvgIpc) is 3.00. The fourth-order valence-corrected chi connectivity index (χ4v) is 5.10. The van der Waals surface area contributed by atoms with E-state index in [1.54, 1.807) is 25.1 Å². The molecule has 1 amide bonds. The van der Waals surface area contributed by atoms with E-state index in [1.165, 1.54) is 42.7 Å². The minimum atomic E-state index is -3.83. The second-order valence-corrected chi connectivity index (χ2v) is 10.3. The van der Waals surface area contributed by atoms with Gasteiger partial charge in [0, 0.05) is 31.0 Å². The number of nitrogens with zero attached hydrogens (tertiary/aromatic N) is 5. The lowest BCUT2D eigenvalue weighted by atomic mass is 10.2.